The predicted octanol–water partition coefficient (Wildman–Crippen LogP) is 2.79. The van der Waals surface area contributed by atoms with Crippen LogP contribution >= 0.6 is 11.6 Å². The van der Waals surface area contributed by atoms with E-state index in [2.05, 4.69) is 14.7 Å². The summed E-state index contributed by atoms with van der Waals surface area (Å²) in [5, 5.41) is 3.49. The summed E-state index contributed by atoms with van der Waals surface area (Å²) in [6.45, 7) is 0.876. The van der Waals surface area contributed by atoms with Crippen molar-refractivity contribution in [3.8, 4) is 11.4 Å². The molecule has 1 aliphatic heterocycles. The number of hydrogen-bond acceptors (Lipinski definition) is 5. The molecule has 7 nitrogen and oxygen atoms in total. The van der Waals surface area contributed by atoms with Crippen LogP contribution in [-0.2, 0) is 22.9 Å². The van der Waals surface area contributed by atoms with Crippen LogP contribution in [0.25, 0.3) is 11.4 Å². The maximum absolute atomic E-state index is 12.5. The lowest BCUT2D eigenvalue weighted by Gasteiger charge is -2.32. The van der Waals surface area contributed by atoms with Crippen LogP contribution in [0.15, 0.2) is 22.7 Å². The lowest BCUT2D eigenvalue weighted by molar-refractivity contribution is -0.159. The molecule has 0 N–H and O–H groups in total. The third kappa shape index (κ3) is 3.70. The van der Waals surface area contributed by atoms with E-state index < -0.39 is 22.3 Å². The first-order valence-electron chi connectivity index (χ1n) is 7.50. The lowest BCUT2D eigenvalue weighted by Crippen LogP contribution is -2.47. The molecule has 2 heterocycles. The Bertz CT molecular complexity index is 916. The van der Waals surface area contributed by atoms with Gasteiger partial charge in [-0.3, -0.25) is 0 Å². The highest BCUT2D eigenvalue weighted by Crippen LogP contribution is 2.31. The average molecular weight is 411 g/mol. The van der Waals surface area contributed by atoms with Crippen molar-refractivity contribution in [1.82, 2.24) is 18.8 Å². The molecule has 0 atom stereocenters. The van der Waals surface area contributed by atoms with Crippen molar-refractivity contribution in [2.45, 2.75) is 19.1 Å². The van der Waals surface area contributed by atoms with Crippen molar-refractivity contribution in [1.29, 1.82) is 0 Å². The molecule has 1 aromatic heterocycles. The number of rotatable bonds is 3. The number of aromatic nitrogens is 2. The number of hydrogen-bond donors (Lipinski definition) is 0. The average Bonchev–Trinajstić information content (AvgIpc) is 3.04. The third-order valence-corrected chi connectivity index (χ3v) is 6.21. The van der Waals surface area contributed by atoms with E-state index in [9.17, 15) is 21.6 Å². The SMILES string of the molecule is CN1CCCN(Cc2ccc(-c3noc(C(F)(F)F)n3)cc2Cl)S1(=O)=O. The molecule has 0 bridgehead atoms. The maximum atomic E-state index is 12.5. The van der Waals surface area contributed by atoms with Crippen LogP contribution < -0.4 is 0 Å². The van der Waals surface area contributed by atoms with Gasteiger partial charge in [-0.15, -0.1) is 0 Å². The molecule has 0 amide bonds. The first-order valence-corrected chi connectivity index (χ1v) is 9.27. The summed E-state index contributed by atoms with van der Waals surface area (Å²) >= 11 is 6.18. The van der Waals surface area contributed by atoms with E-state index >= 15 is 0 Å². The van der Waals surface area contributed by atoms with Crippen LogP contribution in [0.2, 0.25) is 5.02 Å². The quantitative estimate of drug-likeness (QED) is 0.777. The highest BCUT2D eigenvalue weighted by Gasteiger charge is 2.38. The summed E-state index contributed by atoms with van der Waals surface area (Å²) in [4.78, 5) is 3.30. The van der Waals surface area contributed by atoms with Crippen LogP contribution in [0.5, 0.6) is 0 Å². The molecule has 1 aliphatic rings. The zero-order valence-electron chi connectivity index (χ0n) is 13.5. The Morgan fingerprint density at radius 3 is 2.65 bits per heavy atom. The Balaban J connectivity index is 1.83. The maximum Gasteiger partial charge on any atom is 0.471 e. The van der Waals surface area contributed by atoms with E-state index in [0.29, 0.717) is 25.1 Å². The molecular weight excluding hydrogens is 397 g/mol. The largest absolute Gasteiger partial charge is 0.471 e. The molecule has 0 saturated carbocycles. The molecule has 2 aromatic rings. The Hall–Kier alpha value is -1.69. The van der Waals surface area contributed by atoms with Crippen LogP contribution in [0, 0.1) is 0 Å². The van der Waals surface area contributed by atoms with E-state index in [1.165, 1.54) is 33.9 Å². The first kappa shape index (κ1) is 19.1. The van der Waals surface area contributed by atoms with Gasteiger partial charge in [0.15, 0.2) is 0 Å². The van der Waals surface area contributed by atoms with Gasteiger partial charge in [0.2, 0.25) is 5.82 Å². The van der Waals surface area contributed by atoms with Gasteiger partial charge in [-0.05, 0) is 18.1 Å². The van der Waals surface area contributed by atoms with Crippen molar-refractivity contribution in [2.24, 2.45) is 0 Å². The van der Waals surface area contributed by atoms with Crippen LogP contribution in [0.1, 0.15) is 17.9 Å². The molecule has 26 heavy (non-hydrogen) atoms. The van der Waals surface area contributed by atoms with Crippen molar-refractivity contribution < 1.29 is 26.1 Å². The Kier molecular flexibility index (Phi) is 4.99. The lowest BCUT2D eigenvalue weighted by atomic mass is 10.1. The molecule has 3 rings (SSSR count). The summed E-state index contributed by atoms with van der Waals surface area (Å²) in [5.41, 5.74) is 0.755. The third-order valence-electron chi connectivity index (χ3n) is 3.93. The minimum atomic E-state index is -4.73. The van der Waals surface area contributed by atoms with Gasteiger partial charge in [0.05, 0.1) is 0 Å². The molecular formula is C14H14ClF3N4O3S. The molecule has 0 radical (unpaired) electrons. The Morgan fingerprint density at radius 2 is 2.04 bits per heavy atom. The highest BCUT2D eigenvalue weighted by molar-refractivity contribution is 7.86. The van der Waals surface area contributed by atoms with Gasteiger partial charge >= 0.3 is 12.1 Å². The van der Waals surface area contributed by atoms with Crippen LogP contribution in [0.3, 0.4) is 0 Å². The first-order chi connectivity index (χ1) is 12.1. The van der Waals surface area contributed by atoms with E-state index in [1.807, 2.05) is 0 Å². The monoisotopic (exact) mass is 410 g/mol. The van der Waals surface area contributed by atoms with E-state index in [1.54, 1.807) is 0 Å². The van der Waals surface area contributed by atoms with Gasteiger partial charge in [0.25, 0.3) is 10.2 Å². The molecule has 142 valence electrons. The van der Waals surface area contributed by atoms with Gasteiger partial charge in [-0.1, -0.05) is 28.9 Å². The fourth-order valence-corrected chi connectivity index (χ4v) is 4.18. The van der Waals surface area contributed by atoms with Gasteiger partial charge < -0.3 is 4.52 Å². The van der Waals surface area contributed by atoms with Crippen LogP contribution in [-0.4, -0.2) is 47.3 Å². The predicted molar refractivity (Wildman–Crippen MR) is 86.3 cm³/mol. The molecule has 1 aromatic carbocycles. The topological polar surface area (TPSA) is 79.5 Å². The van der Waals surface area contributed by atoms with Crippen molar-refractivity contribution in [3.63, 3.8) is 0 Å². The number of nitrogens with zero attached hydrogens (tertiary/aromatic N) is 4. The second-order valence-corrected chi connectivity index (χ2v) is 8.19. The summed E-state index contributed by atoms with van der Waals surface area (Å²) in [5.74, 6) is -1.70. The van der Waals surface area contributed by atoms with Crippen LogP contribution in [0.4, 0.5) is 13.2 Å². The summed E-state index contributed by atoms with van der Waals surface area (Å²) in [7, 11) is -2.05. The fourth-order valence-electron chi connectivity index (χ4n) is 2.52. The van der Waals surface area contributed by atoms with Gasteiger partial charge in [0.1, 0.15) is 0 Å². The van der Waals surface area contributed by atoms with Crippen molar-refractivity contribution in [2.75, 3.05) is 20.1 Å². The zero-order chi connectivity index (χ0) is 19.1. The molecule has 0 spiro atoms. The highest BCUT2D eigenvalue weighted by atomic mass is 35.5. The van der Waals surface area contributed by atoms with Gasteiger partial charge in [-0.25, -0.2) is 0 Å². The molecule has 1 fully saturated rings. The summed E-state index contributed by atoms with van der Waals surface area (Å²) in [6, 6.07) is 4.38. The number of benzene rings is 1. The summed E-state index contributed by atoms with van der Waals surface area (Å²) < 4.78 is 68.9. The smallest absolute Gasteiger partial charge is 0.329 e. The zero-order valence-corrected chi connectivity index (χ0v) is 15.1. The van der Waals surface area contributed by atoms with Crippen molar-refractivity contribution in [3.05, 3.63) is 34.7 Å². The van der Waals surface area contributed by atoms with E-state index in [-0.39, 0.29) is 23.0 Å². The second-order valence-electron chi connectivity index (χ2n) is 5.74. The second kappa shape index (κ2) is 6.80. The molecule has 0 unspecified atom stereocenters. The molecule has 0 aliphatic carbocycles. The number of halogens is 4. The molecule has 1 saturated heterocycles. The summed E-state index contributed by atoms with van der Waals surface area (Å²) in [6.07, 6.45) is -4.04. The Morgan fingerprint density at radius 1 is 1.31 bits per heavy atom. The van der Waals surface area contributed by atoms with E-state index in [0.717, 1.165) is 0 Å². The standard InChI is InChI=1S/C14H14ClF3N4O3S/c1-21-5-2-6-22(26(21,23)24)8-10-4-3-9(7-11(10)15)12-19-13(25-20-12)14(16,17)18/h3-4,7H,2,5-6,8H2,1H3. The minimum absolute atomic E-state index is 0.0613. The van der Waals surface area contributed by atoms with E-state index in [4.69, 9.17) is 11.6 Å². The number of alkyl halides is 3. The van der Waals surface area contributed by atoms with Gasteiger partial charge in [-0.2, -0.15) is 35.2 Å². The normalized spacial score (nSPS) is 19.0. The Labute approximate surface area is 152 Å². The van der Waals surface area contributed by atoms with Gasteiger partial charge in [0, 0.05) is 37.3 Å². The molecule has 12 heteroatoms. The van der Waals surface area contributed by atoms with Crippen molar-refractivity contribution >= 4 is 21.8 Å². The fraction of sp³-hybridized carbons (Fsp3) is 0.429. The minimum Gasteiger partial charge on any atom is -0.329 e.